The van der Waals surface area contributed by atoms with E-state index in [0.717, 1.165) is 16.5 Å². The van der Waals surface area contributed by atoms with Crippen LogP contribution in [0.25, 0.3) is 22.1 Å². The molecule has 0 aliphatic heterocycles. The molecule has 0 aliphatic rings. The number of aromatic amines is 1. The highest BCUT2D eigenvalue weighted by molar-refractivity contribution is 7.13. The lowest BCUT2D eigenvalue weighted by Gasteiger charge is -2.03. The highest BCUT2D eigenvalue weighted by Gasteiger charge is 2.10. The number of hydrogen-bond donors (Lipinski definition) is 1. The summed E-state index contributed by atoms with van der Waals surface area (Å²) in [7, 11) is 0. The van der Waals surface area contributed by atoms with Gasteiger partial charge in [-0.25, -0.2) is 9.97 Å². The Morgan fingerprint density at radius 3 is 2.83 bits per heavy atom. The van der Waals surface area contributed by atoms with Crippen LogP contribution in [-0.2, 0) is 0 Å². The number of hydrogen-bond acceptors (Lipinski definition) is 4. The zero-order valence-electron chi connectivity index (χ0n) is 10.1. The fraction of sp³-hybridized carbons (Fsp3) is 0.154. The van der Waals surface area contributed by atoms with Crippen LogP contribution in [0.15, 0.2) is 29.9 Å². The van der Waals surface area contributed by atoms with Crippen molar-refractivity contribution in [2.75, 3.05) is 0 Å². The Hall–Kier alpha value is -2.01. The predicted molar refractivity (Wildman–Crippen MR) is 72.4 cm³/mol. The molecule has 90 valence electrons. The van der Waals surface area contributed by atoms with Crippen LogP contribution >= 0.6 is 11.3 Å². The smallest absolute Gasteiger partial charge is 0.184 e. The highest BCUT2D eigenvalue weighted by atomic mass is 32.1. The Kier molecular flexibility index (Phi) is 2.68. The Bertz CT molecular complexity index is 670. The lowest BCUT2D eigenvalue weighted by Crippen LogP contribution is -1.86. The summed E-state index contributed by atoms with van der Waals surface area (Å²) >= 11 is 1.57. The number of aryl methyl sites for hydroxylation is 2. The number of nitrogens with zero attached hydrogens (tertiary/aromatic N) is 3. The number of nitrogens with one attached hydrogen (secondary N) is 1. The minimum Gasteiger partial charge on any atom is -0.257 e. The molecule has 5 heteroatoms. The lowest BCUT2D eigenvalue weighted by molar-refractivity contribution is 1.09. The van der Waals surface area contributed by atoms with Crippen LogP contribution in [0.1, 0.15) is 11.1 Å². The summed E-state index contributed by atoms with van der Waals surface area (Å²) in [6.07, 6.45) is 1.49. The molecule has 0 amide bonds. The maximum absolute atomic E-state index is 4.60. The van der Waals surface area contributed by atoms with Crippen molar-refractivity contribution in [2.24, 2.45) is 0 Å². The molecule has 0 bridgehead atoms. The van der Waals surface area contributed by atoms with Gasteiger partial charge in [0, 0.05) is 10.9 Å². The Labute approximate surface area is 109 Å². The van der Waals surface area contributed by atoms with E-state index in [1.165, 1.54) is 23.0 Å². The van der Waals surface area contributed by atoms with Crippen LogP contribution < -0.4 is 0 Å². The molecule has 0 unspecified atom stereocenters. The van der Waals surface area contributed by atoms with Gasteiger partial charge in [0.05, 0.1) is 5.69 Å². The second kappa shape index (κ2) is 4.34. The van der Waals surface area contributed by atoms with Crippen molar-refractivity contribution in [1.29, 1.82) is 0 Å². The molecule has 18 heavy (non-hydrogen) atoms. The van der Waals surface area contributed by atoms with Crippen LogP contribution in [0.2, 0.25) is 0 Å². The van der Waals surface area contributed by atoms with E-state index in [-0.39, 0.29) is 0 Å². The molecular formula is C13H12N4S. The topological polar surface area (TPSA) is 54.5 Å². The summed E-state index contributed by atoms with van der Waals surface area (Å²) in [6, 6.07) is 6.39. The summed E-state index contributed by atoms with van der Waals surface area (Å²) in [6.45, 7) is 4.20. The normalized spacial score (nSPS) is 10.8. The van der Waals surface area contributed by atoms with Crippen LogP contribution in [-0.4, -0.2) is 20.2 Å². The lowest BCUT2D eigenvalue weighted by atomic mass is 10.0. The molecule has 0 saturated heterocycles. The Morgan fingerprint density at radius 1 is 1.22 bits per heavy atom. The molecule has 0 saturated carbocycles. The van der Waals surface area contributed by atoms with Crippen LogP contribution in [0.4, 0.5) is 0 Å². The molecule has 0 radical (unpaired) electrons. The molecule has 2 aromatic heterocycles. The summed E-state index contributed by atoms with van der Waals surface area (Å²) in [5, 5.41) is 9.58. The zero-order chi connectivity index (χ0) is 12.5. The fourth-order valence-corrected chi connectivity index (χ4v) is 2.68. The summed E-state index contributed by atoms with van der Waals surface area (Å²) in [4.78, 5) is 8.71. The van der Waals surface area contributed by atoms with Gasteiger partial charge in [-0.2, -0.15) is 5.10 Å². The number of benzene rings is 1. The van der Waals surface area contributed by atoms with E-state index >= 15 is 0 Å². The molecule has 2 heterocycles. The quantitative estimate of drug-likeness (QED) is 0.766. The van der Waals surface area contributed by atoms with Gasteiger partial charge in [-0.3, -0.25) is 5.10 Å². The largest absolute Gasteiger partial charge is 0.257 e. The summed E-state index contributed by atoms with van der Waals surface area (Å²) in [5.74, 6) is 0.719. The number of H-pyrrole nitrogens is 1. The van der Waals surface area contributed by atoms with E-state index in [4.69, 9.17) is 0 Å². The number of aromatic nitrogens is 4. The van der Waals surface area contributed by atoms with Crippen molar-refractivity contribution < 1.29 is 0 Å². The van der Waals surface area contributed by atoms with Gasteiger partial charge in [0.2, 0.25) is 0 Å². The first-order valence-corrected chi connectivity index (χ1v) is 6.51. The third kappa shape index (κ3) is 1.93. The van der Waals surface area contributed by atoms with E-state index in [2.05, 4.69) is 57.6 Å². The van der Waals surface area contributed by atoms with Gasteiger partial charge in [-0.15, -0.1) is 11.3 Å². The highest BCUT2D eigenvalue weighted by Crippen LogP contribution is 2.28. The fourth-order valence-electron chi connectivity index (χ4n) is 1.92. The summed E-state index contributed by atoms with van der Waals surface area (Å²) < 4.78 is 0. The maximum atomic E-state index is 4.60. The van der Waals surface area contributed by atoms with Gasteiger partial charge in [-0.05, 0) is 19.4 Å². The maximum Gasteiger partial charge on any atom is 0.184 e. The number of thiazole rings is 1. The SMILES string of the molecule is Cc1ccc(-c2csc(-c3ncn[nH]3)n2)c(C)c1. The number of rotatable bonds is 2. The van der Waals surface area contributed by atoms with Gasteiger partial charge in [0.15, 0.2) is 10.8 Å². The monoisotopic (exact) mass is 256 g/mol. The predicted octanol–water partition coefficient (Wildman–Crippen LogP) is 3.21. The van der Waals surface area contributed by atoms with Crippen LogP contribution in [0.5, 0.6) is 0 Å². The van der Waals surface area contributed by atoms with Gasteiger partial charge >= 0.3 is 0 Å². The van der Waals surface area contributed by atoms with Gasteiger partial charge in [-0.1, -0.05) is 23.8 Å². The first-order chi connectivity index (χ1) is 8.74. The van der Waals surface area contributed by atoms with E-state index in [9.17, 15) is 0 Å². The average Bonchev–Trinajstić information content (AvgIpc) is 2.99. The third-order valence-corrected chi connectivity index (χ3v) is 3.63. The molecule has 0 aliphatic carbocycles. The van der Waals surface area contributed by atoms with Crippen molar-refractivity contribution >= 4 is 11.3 Å². The Balaban J connectivity index is 2.03. The average molecular weight is 256 g/mol. The van der Waals surface area contributed by atoms with E-state index in [1.54, 1.807) is 11.3 Å². The molecule has 0 spiro atoms. The van der Waals surface area contributed by atoms with E-state index < -0.39 is 0 Å². The summed E-state index contributed by atoms with van der Waals surface area (Å²) in [5.41, 5.74) is 4.66. The van der Waals surface area contributed by atoms with Crippen LogP contribution in [0.3, 0.4) is 0 Å². The van der Waals surface area contributed by atoms with Crippen LogP contribution in [0, 0.1) is 13.8 Å². The standard InChI is InChI=1S/C13H12N4S/c1-8-3-4-10(9(2)5-8)11-6-18-13(16-11)12-14-7-15-17-12/h3-7H,1-2H3,(H,14,15,17). The first kappa shape index (κ1) is 11.1. The minimum absolute atomic E-state index is 0.719. The van der Waals surface area contributed by atoms with Crippen molar-refractivity contribution in [3.05, 3.63) is 41.0 Å². The second-order valence-electron chi connectivity index (χ2n) is 4.19. The van der Waals surface area contributed by atoms with Gasteiger partial charge < -0.3 is 0 Å². The second-order valence-corrected chi connectivity index (χ2v) is 5.05. The molecular weight excluding hydrogens is 244 g/mol. The first-order valence-electron chi connectivity index (χ1n) is 5.63. The van der Waals surface area contributed by atoms with E-state index in [0.29, 0.717) is 0 Å². The molecule has 3 aromatic rings. The zero-order valence-corrected chi connectivity index (χ0v) is 11.0. The molecule has 0 fully saturated rings. The van der Waals surface area contributed by atoms with Crippen molar-refractivity contribution in [2.45, 2.75) is 13.8 Å². The van der Waals surface area contributed by atoms with Crippen molar-refractivity contribution in [1.82, 2.24) is 20.2 Å². The minimum atomic E-state index is 0.719. The van der Waals surface area contributed by atoms with Gasteiger partial charge in [0.1, 0.15) is 6.33 Å². The molecule has 3 rings (SSSR count). The molecule has 1 aromatic carbocycles. The molecule has 4 nitrogen and oxygen atoms in total. The van der Waals surface area contributed by atoms with Crippen molar-refractivity contribution in [3.8, 4) is 22.1 Å². The van der Waals surface area contributed by atoms with Crippen molar-refractivity contribution in [3.63, 3.8) is 0 Å². The molecule has 0 atom stereocenters. The molecule has 1 N–H and O–H groups in total. The third-order valence-electron chi connectivity index (χ3n) is 2.78. The van der Waals surface area contributed by atoms with Gasteiger partial charge in [0.25, 0.3) is 0 Å². The van der Waals surface area contributed by atoms with E-state index in [1.807, 2.05) is 0 Å². The Morgan fingerprint density at radius 2 is 2.11 bits per heavy atom.